The standard InChI is InChI=1S/C15H18N2O/c1-4-5-11(2)17-15-14-10-13(18-3)7-6-12(14)8-9-16-15/h4,6-11H,1,5H2,2-3H3,(H,16,17). The van der Waals surface area contributed by atoms with E-state index >= 15 is 0 Å². The molecule has 3 heteroatoms. The summed E-state index contributed by atoms with van der Waals surface area (Å²) in [7, 11) is 1.67. The van der Waals surface area contributed by atoms with Crippen molar-refractivity contribution in [2.75, 3.05) is 12.4 Å². The second-order valence-corrected chi connectivity index (χ2v) is 4.32. The predicted molar refractivity (Wildman–Crippen MR) is 76.2 cm³/mol. The van der Waals surface area contributed by atoms with E-state index in [0.717, 1.165) is 28.8 Å². The molecule has 0 radical (unpaired) electrons. The van der Waals surface area contributed by atoms with Crippen LogP contribution >= 0.6 is 0 Å². The van der Waals surface area contributed by atoms with Gasteiger partial charge in [-0.15, -0.1) is 6.58 Å². The third kappa shape index (κ3) is 2.62. The van der Waals surface area contributed by atoms with Crippen LogP contribution in [-0.2, 0) is 0 Å². The van der Waals surface area contributed by atoms with Crippen molar-refractivity contribution in [2.24, 2.45) is 0 Å². The Balaban J connectivity index is 2.39. The number of methoxy groups -OCH3 is 1. The summed E-state index contributed by atoms with van der Waals surface area (Å²) in [5, 5.41) is 5.63. The van der Waals surface area contributed by atoms with E-state index < -0.39 is 0 Å². The third-order valence-electron chi connectivity index (χ3n) is 2.88. The zero-order valence-electron chi connectivity index (χ0n) is 10.8. The van der Waals surface area contributed by atoms with E-state index in [1.54, 1.807) is 7.11 Å². The maximum absolute atomic E-state index is 5.26. The number of hydrogen-bond donors (Lipinski definition) is 1. The van der Waals surface area contributed by atoms with Crippen molar-refractivity contribution in [2.45, 2.75) is 19.4 Å². The van der Waals surface area contributed by atoms with Crippen LogP contribution in [0.4, 0.5) is 5.82 Å². The number of anilines is 1. The number of aromatic nitrogens is 1. The van der Waals surface area contributed by atoms with Crippen molar-refractivity contribution in [1.29, 1.82) is 0 Å². The van der Waals surface area contributed by atoms with E-state index in [1.165, 1.54) is 0 Å². The van der Waals surface area contributed by atoms with Crippen molar-refractivity contribution in [1.82, 2.24) is 4.98 Å². The minimum Gasteiger partial charge on any atom is -0.497 e. The van der Waals surface area contributed by atoms with Gasteiger partial charge in [0.05, 0.1) is 7.11 Å². The smallest absolute Gasteiger partial charge is 0.134 e. The van der Waals surface area contributed by atoms with E-state index in [9.17, 15) is 0 Å². The zero-order valence-corrected chi connectivity index (χ0v) is 10.8. The highest BCUT2D eigenvalue weighted by atomic mass is 16.5. The molecule has 1 unspecified atom stereocenters. The molecule has 1 atom stereocenters. The molecule has 2 rings (SSSR count). The number of fused-ring (bicyclic) bond motifs is 1. The topological polar surface area (TPSA) is 34.2 Å². The third-order valence-corrected chi connectivity index (χ3v) is 2.88. The van der Waals surface area contributed by atoms with E-state index in [1.807, 2.05) is 36.5 Å². The lowest BCUT2D eigenvalue weighted by molar-refractivity contribution is 0.415. The van der Waals surface area contributed by atoms with Crippen LogP contribution in [0.2, 0.25) is 0 Å². The van der Waals surface area contributed by atoms with Crippen LogP contribution in [0.3, 0.4) is 0 Å². The lowest BCUT2D eigenvalue weighted by atomic mass is 10.1. The summed E-state index contributed by atoms with van der Waals surface area (Å²) in [6.07, 6.45) is 4.63. The summed E-state index contributed by atoms with van der Waals surface area (Å²) in [6, 6.07) is 8.31. The first-order chi connectivity index (χ1) is 8.74. The van der Waals surface area contributed by atoms with Crippen LogP contribution in [0.5, 0.6) is 5.75 Å². The van der Waals surface area contributed by atoms with Gasteiger partial charge in [-0.25, -0.2) is 4.98 Å². The summed E-state index contributed by atoms with van der Waals surface area (Å²) in [6.45, 7) is 5.87. The van der Waals surface area contributed by atoms with Gasteiger partial charge in [0.1, 0.15) is 11.6 Å². The van der Waals surface area contributed by atoms with Gasteiger partial charge in [0, 0.05) is 17.6 Å². The van der Waals surface area contributed by atoms with Gasteiger partial charge in [0.25, 0.3) is 0 Å². The van der Waals surface area contributed by atoms with Crippen LogP contribution in [0, 0.1) is 0 Å². The monoisotopic (exact) mass is 242 g/mol. The number of ether oxygens (including phenoxy) is 1. The van der Waals surface area contributed by atoms with Crippen molar-refractivity contribution in [3.63, 3.8) is 0 Å². The molecule has 2 aromatic rings. The van der Waals surface area contributed by atoms with Crippen molar-refractivity contribution < 1.29 is 4.74 Å². The average molecular weight is 242 g/mol. The molecule has 0 aliphatic carbocycles. The van der Waals surface area contributed by atoms with Crippen LogP contribution in [-0.4, -0.2) is 18.1 Å². The van der Waals surface area contributed by atoms with Gasteiger partial charge in [0.15, 0.2) is 0 Å². The Hall–Kier alpha value is -2.03. The number of hydrogen-bond acceptors (Lipinski definition) is 3. The normalized spacial score (nSPS) is 12.1. The van der Waals surface area contributed by atoms with E-state index in [-0.39, 0.29) is 0 Å². The number of nitrogens with one attached hydrogen (secondary N) is 1. The summed E-state index contributed by atoms with van der Waals surface area (Å²) >= 11 is 0. The van der Waals surface area contributed by atoms with Crippen LogP contribution in [0.25, 0.3) is 10.8 Å². The van der Waals surface area contributed by atoms with Crippen LogP contribution in [0.15, 0.2) is 43.1 Å². The summed E-state index contributed by atoms with van der Waals surface area (Å²) in [5.74, 6) is 1.73. The first kappa shape index (κ1) is 12.4. The van der Waals surface area contributed by atoms with Gasteiger partial charge >= 0.3 is 0 Å². The zero-order chi connectivity index (χ0) is 13.0. The molecular formula is C15H18N2O. The fourth-order valence-corrected chi connectivity index (χ4v) is 1.93. The largest absolute Gasteiger partial charge is 0.497 e. The van der Waals surface area contributed by atoms with Crippen molar-refractivity contribution in [3.05, 3.63) is 43.1 Å². The van der Waals surface area contributed by atoms with Crippen LogP contribution in [0.1, 0.15) is 13.3 Å². The van der Waals surface area contributed by atoms with Gasteiger partial charge in [-0.05, 0) is 36.9 Å². The first-order valence-corrected chi connectivity index (χ1v) is 6.04. The molecule has 1 N–H and O–H groups in total. The Morgan fingerprint density at radius 1 is 1.44 bits per heavy atom. The van der Waals surface area contributed by atoms with Gasteiger partial charge in [-0.1, -0.05) is 12.1 Å². The second kappa shape index (κ2) is 5.54. The maximum Gasteiger partial charge on any atom is 0.134 e. The number of nitrogens with zero attached hydrogens (tertiary/aromatic N) is 1. The molecule has 0 saturated carbocycles. The average Bonchev–Trinajstić information content (AvgIpc) is 2.39. The van der Waals surface area contributed by atoms with E-state index in [2.05, 4.69) is 23.8 Å². The molecule has 0 saturated heterocycles. The molecule has 0 fully saturated rings. The number of pyridine rings is 1. The number of rotatable bonds is 5. The molecule has 0 bridgehead atoms. The maximum atomic E-state index is 5.26. The quantitative estimate of drug-likeness (QED) is 0.813. The van der Waals surface area contributed by atoms with Gasteiger partial charge in [-0.3, -0.25) is 0 Å². The Bertz CT molecular complexity index is 551. The first-order valence-electron chi connectivity index (χ1n) is 6.04. The minimum atomic E-state index is 0.312. The van der Waals surface area contributed by atoms with Crippen molar-refractivity contribution >= 4 is 16.6 Å². The Kier molecular flexibility index (Phi) is 3.82. The Labute approximate surface area is 107 Å². The van der Waals surface area contributed by atoms with E-state index in [4.69, 9.17) is 4.74 Å². The van der Waals surface area contributed by atoms with Crippen LogP contribution < -0.4 is 10.1 Å². The molecular weight excluding hydrogens is 224 g/mol. The minimum absolute atomic E-state index is 0.312. The van der Waals surface area contributed by atoms with E-state index in [0.29, 0.717) is 6.04 Å². The molecule has 0 amide bonds. The lowest BCUT2D eigenvalue weighted by Crippen LogP contribution is -2.15. The molecule has 0 aliphatic heterocycles. The summed E-state index contributed by atoms with van der Waals surface area (Å²) in [4.78, 5) is 4.40. The molecule has 1 aromatic carbocycles. The SMILES string of the molecule is C=CCC(C)Nc1nccc2ccc(OC)cc12. The van der Waals surface area contributed by atoms with Gasteiger partial charge in [-0.2, -0.15) is 0 Å². The number of benzene rings is 1. The lowest BCUT2D eigenvalue weighted by Gasteiger charge is -2.14. The molecule has 94 valence electrons. The fraction of sp³-hybridized carbons (Fsp3) is 0.267. The van der Waals surface area contributed by atoms with Gasteiger partial charge < -0.3 is 10.1 Å². The predicted octanol–water partition coefficient (Wildman–Crippen LogP) is 3.62. The highest BCUT2D eigenvalue weighted by molar-refractivity contribution is 5.92. The van der Waals surface area contributed by atoms with Gasteiger partial charge in [0.2, 0.25) is 0 Å². The summed E-state index contributed by atoms with van der Waals surface area (Å²) < 4.78 is 5.26. The second-order valence-electron chi connectivity index (χ2n) is 4.32. The highest BCUT2D eigenvalue weighted by Gasteiger charge is 2.06. The Morgan fingerprint density at radius 2 is 2.28 bits per heavy atom. The highest BCUT2D eigenvalue weighted by Crippen LogP contribution is 2.26. The fourth-order valence-electron chi connectivity index (χ4n) is 1.93. The Morgan fingerprint density at radius 3 is 3.00 bits per heavy atom. The molecule has 0 spiro atoms. The van der Waals surface area contributed by atoms with Crippen molar-refractivity contribution in [3.8, 4) is 5.75 Å². The molecule has 3 nitrogen and oxygen atoms in total. The molecule has 0 aliphatic rings. The molecule has 1 aromatic heterocycles. The molecule has 18 heavy (non-hydrogen) atoms. The summed E-state index contributed by atoms with van der Waals surface area (Å²) in [5.41, 5.74) is 0. The molecule has 1 heterocycles.